The van der Waals surface area contributed by atoms with Crippen LogP contribution in [0.15, 0.2) is 51.4 Å². The van der Waals surface area contributed by atoms with Gasteiger partial charge in [-0.2, -0.15) is 0 Å². The van der Waals surface area contributed by atoms with E-state index in [1.807, 2.05) is 37.4 Å². The van der Waals surface area contributed by atoms with Gasteiger partial charge in [-0.3, -0.25) is 5.41 Å². The normalized spacial score (nSPS) is 10.3. The average Bonchev–Trinajstić information content (AvgIpc) is 2.38. The molecule has 0 fully saturated rings. The van der Waals surface area contributed by atoms with Crippen LogP contribution in [0.2, 0.25) is 0 Å². The van der Waals surface area contributed by atoms with Crippen molar-refractivity contribution >= 4 is 43.4 Å². The molecule has 0 aliphatic heterocycles. The molecule has 3 nitrogen and oxygen atoms in total. The Labute approximate surface area is 135 Å². The van der Waals surface area contributed by atoms with Gasteiger partial charge in [0, 0.05) is 28.1 Å². The Balaban J connectivity index is 2.21. The molecule has 20 heavy (non-hydrogen) atoms. The zero-order valence-electron chi connectivity index (χ0n) is 11.0. The number of hydrogen-bond donors (Lipinski definition) is 2. The lowest BCUT2D eigenvalue weighted by molar-refractivity contribution is 0.919. The van der Waals surface area contributed by atoms with Crippen LogP contribution in [0.25, 0.3) is 0 Å². The smallest absolute Gasteiger partial charge is 0.122 e. The monoisotopic (exact) mass is 395 g/mol. The van der Waals surface area contributed by atoms with Crippen molar-refractivity contribution in [2.24, 2.45) is 5.73 Å². The molecule has 0 spiro atoms. The number of benzene rings is 2. The summed E-state index contributed by atoms with van der Waals surface area (Å²) >= 11 is 7.02. The van der Waals surface area contributed by atoms with Gasteiger partial charge in [0.25, 0.3) is 0 Å². The number of nitrogens with one attached hydrogen (secondary N) is 1. The molecular weight excluding hydrogens is 382 g/mol. The molecule has 0 saturated carbocycles. The highest BCUT2D eigenvalue weighted by atomic mass is 79.9. The number of nitrogen functional groups attached to an aromatic ring is 1. The summed E-state index contributed by atoms with van der Waals surface area (Å²) in [7, 11) is 2.04. The molecule has 2 aromatic carbocycles. The lowest BCUT2D eigenvalue weighted by atomic mass is 10.1. The first kappa shape index (κ1) is 15.1. The SMILES string of the molecule is CN(Cc1cccc(Br)c1)c1ccc(C(=N)N)cc1Br. The van der Waals surface area contributed by atoms with Crippen LogP contribution >= 0.6 is 31.9 Å². The zero-order chi connectivity index (χ0) is 14.7. The number of rotatable bonds is 4. The van der Waals surface area contributed by atoms with E-state index in [2.05, 4.69) is 48.9 Å². The Morgan fingerprint density at radius 2 is 1.95 bits per heavy atom. The van der Waals surface area contributed by atoms with E-state index in [1.165, 1.54) is 5.56 Å². The van der Waals surface area contributed by atoms with Crippen molar-refractivity contribution in [3.8, 4) is 0 Å². The number of amidine groups is 1. The van der Waals surface area contributed by atoms with Crippen molar-refractivity contribution in [2.75, 3.05) is 11.9 Å². The second-order valence-electron chi connectivity index (χ2n) is 4.57. The van der Waals surface area contributed by atoms with Crippen molar-refractivity contribution in [1.82, 2.24) is 0 Å². The summed E-state index contributed by atoms with van der Waals surface area (Å²) in [6.45, 7) is 0.803. The van der Waals surface area contributed by atoms with Gasteiger partial charge in [0.05, 0.1) is 5.69 Å². The van der Waals surface area contributed by atoms with E-state index in [1.54, 1.807) is 0 Å². The van der Waals surface area contributed by atoms with E-state index in [0.29, 0.717) is 0 Å². The third kappa shape index (κ3) is 3.61. The van der Waals surface area contributed by atoms with Gasteiger partial charge in [-0.25, -0.2) is 0 Å². The van der Waals surface area contributed by atoms with Crippen molar-refractivity contribution < 1.29 is 0 Å². The average molecular weight is 397 g/mol. The van der Waals surface area contributed by atoms with Crippen LogP contribution in [0.1, 0.15) is 11.1 Å². The fourth-order valence-electron chi connectivity index (χ4n) is 1.98. The van der Waals surface area contributed by atoms with E-state index in [4.69, 9.17) is 11.1 Å². The summed E-state index contributed by atoms with van der Waals surface area (Å²) in [5, 5.41) is 7.45. The minimum absolute atomic E-state index is 0.0758. The van der Waals surface area contributed by atoms with Crippen LogP contribution in [0.3, 0.4) is 0 Å². The van der Waals surface area contributed by atoms with Crippen molar-refractivity contribution in [3.05, 3.63) is 62.5 Å². The molecule has 3 N–H and O–H groups in total. The molecule has 0 aliphatic rings. The van der Waals surface area contributed by atoms with Gasteiger partial charge in [-0.1, -0.05) is 28.1 Å². The molecule has 0 saturated heterocycles. The Morgan fingerprint density at radius 1 is 1.20 bits per heavy atom. The van der Waals surface area contributed by atoms with E-state index < -0.39 is 0 Å². The maximum absolute atomic E-state index is 7.45. The molecule has 0 aromatic heterocycles. The molecule has 0 bridgehead atoms. The minimum Gasteiger partial charge on any atom is -0.384 e. The van der Waals surface area contributed by atoms with Crippen LogP contribution in [0.4, 0.5) is 5.69 Å². The van der Waals surface area contributed by atoms with Crippen molar-refractivity contribution in [1.29, 1.82) is 5.41 Å². The van der Waals surface area contributed by atoms with Gasteiger partial charge in [-0.05, 0) is 51.8 Å². The molecule has 5 heteroatoms. The molecular formula is C15H15Br2N3. The summed E-state index contributed by atoms with van der Waals surface area (Å²) in [6.07, 6.45) is 0. The second-order valence-corrected chi connectivity index (χ2v) is 6.34. The third-order valence-electron chi connectivity index (χ3n) is 2.98. The van der Waals surface area contributed by atoms with Gasteiger partial charge in [0.1, 0.15) is 5.84 Å². The maximum atomic E-state index is 7.45. The topological polar surface area (TPSA) is 53.1 Å². The highest BCUT2D eigenvalue weighted by Gasteiger charge is 2.08. The highest BCUT2D eigenvalue weighted by Crippen LogP contribution is 2.28. The Kier molecular flexibility index (Phi) is 4.83. The van der Waals surface area contributed by atoms with Gasteiger partial charge in [0.2, 0.25) is 0 Å². The Morgan fingerprint density at radius 3 is 2.55 bits per heavy atom. The maximum Gasteiger partial charge on any atom is 0.122 e. The van der Waals surface area contributed by atoms with Gasteiger partial charge in [-0.15, -0.1) is 0 Å². The van der Waals surface area contributed by atoms with Gasteiger partial charge < -0.3 is 10.6 Å². The molecule has 104 valence electrons. The van der Waals surface area contributed by atoms with Crippen LogP contribution in [-0.4, -0.2) is 12.9 Å². The fraction of sp³-hybridized carbons (Fsp3) is 0.133. The van der Waals surface area contributed by atoms with E-state index in [9.17, 15) is 0 Å². The van der Waals surface area contributed by atoms with Crippen LogP contribution in [0.5, 0.6) is 0 Å². The summed E-state index contributed by atoms with van der Waals surface area (Å²) in [5.74, 6) is 0.0758. The molecule has 2 aromatic rings. The van der Waals surface area contributed by atoms with Gasteiger partial charge >= 0.3 is 0 Å². The fourth-order valence-corrected chi connectivity index (χ4v) is 3.11. The van der Waals surface area contributed by atoms with Gasteiger partial charge in [0.15, 0.2) is 0 Å². The lowest BCUT2D eigenvalue weighted by Gasteiger charge is -2.21. The standard InChI is InChI=1S/C15H15Br2N3/c1-20(9-10-3-2-4-12(16)7-10)14-6-5-11(15(18)19)8-13(14)17/h2-8H,9H2,1H3,(H3,18,19). The summed E-state index contributed by atoms with van der Waals surface area (Å²) in [6, 6.07) is 13.9. The predicted octanol–water partition coefficient (Wildman–Crippen LogP) is 4.13. The summed E-state index contributed by atoms with van der Waals surface area (Å²) in [5.41, 5.74) is 8.50. The molecule has 0 heterocycles. The van der Waals surface area contributed by atoms with E-state index >= 15 is 0 Å². The minimum atomic E-state index is 0.0758. The number of halogens is 2. The number of anilines is 1. The van der Waals surface area contributed by atoms with Crippen LogP contribution < -0.4 is 10.6 Å². The molecule has 0 aliphatic carbocycles. The largest absolute Gasteiger partial charge is 0.384 e. The second kappa shape index (κ2) is 6.41. The first-order valence-electron chi connectivity index (χ1n) is 6.07. The lowest BCUT2D eigenvalue weighted by Crippen LogP contribution is -2.17. The summed E-state index contributed by atoms with van der Waals surface area (Å²) in [4.78, 5) is 2.15. The number of nitrogens with two attached hydrogens (primary N) is 1. The molecule has 0 amide bonds. The Bertz CT molecular complexity index is 641. The zero-order valence-corrected chi connectivity index (χ0v) is 14.2. The quantitative estimate of drug-likeness (QED) is 0.602. The molecule has 0 atom stereocenters. The van der Waals surface area contributed by atoms with Crippen molar-refractivity contribution in [2.45, 2.75) is 6.54 Å². The molecule has 0 radical (unpaired) electrons. The summed E-state index contributed by atoms with van der Waals surface area (Å²) < 4.78 is 2.01. The molecule has 0 unspecified atom stereocenters. The molecule has 2 rings (SSSR count). The first-order valence-corrected chi connectivity index (χ1v) is 7.65. The first-order chi connectivity index (χ1) is 9.47. The van der Waals surface area contributed by atoms with Crippen LogP contribution in [0, 0.1) is 5.41 Å². The number of hydrogen-bond acceptors (Lipinski definition) is 2. The Hall–Kier alpha value is -1.33. The predicted molar refractivity (Wildman–Crippen MR) is 91.4 cm³/mol. The van der Waals surface area contributed by atoms with E-state index in [-0.39, 0.29) is 5.84 Å². The highest BCUT2D eigenvalue weighted by molar-refractivity contribution is 9.10. The third-order valence-corrected chi connectivity index (χ3v) is 4.11. The van der Waals surface area contributed by atoms with Crippen LogP contribution in [-0.2, 0) is 6.54 Å². The van der Waals surface area contributed by atoms with E-state index in [0.717, 1.165) is 26.7 Å². The number of nitrogens with zero attached hydrogens (tertiary/aromatic N) is 1. The van der Waals surface area contributed by atoms with Crippen molar-refractivity contribution in [3.63, 3.8) is 0 Å².